The molecule has 278 valence electrons. The number of nitrogens with zero attached hydrogens (tertiary/aromatic N) is 1. The first-order chi connectivity index (χ1) is 22.7. The fraction of sp³-hybridized carbons (Fsp3) is 0.333. The molecule has 0 aromatic heterocycles. The minimum Gasteiger partial charge on any atom is -0.462 e. The number of benzene rings is 3. The van der Waals surface area contributed by atoms with Gasteiger partial charge in [0.2, 0.25) is 0 Å². The molecule has 0 amide bonds. The van der Waals surface area contributed by atoms with Crippen molar-refractivity contribution in [1.82, 2.24) is 5.09 Å². The predicted octanol–water partition coefficient (Wildman–Crippen LogP) is 9.10. The number of nitro groups is 1. The van der Waals surface area contributed by atoms with Crippen LogP contribution in [-0.2, 0) is 28.2 Å². The summed E-state index contributed by atoms with van der Waals surface area (Å²) in [6, 6.07) is 18.3. The van der Waals surface area contributed by atoms with Crippen molar-refractivity contribution in [3.8, 4) is 17.2 Å². The van der Waals surface area contributed by atoms with Gasteiger partial charge in [0, 0.05) is 39.6 Å². The maximum Gasteiger partial charge on any atom is 0.513 e. The summed E-state index contributed by atoms with van der Waals surface area (Å²) in [5.41, 5.74) is 5.11. The molecular formula is C30H39Cl4N3O11P2. The van der Waals surface area contributed by atoms with Gasteiger partial charge in [0.15, 0.2) is 0 Å². The van der Waals surface area contributed by atoms with E-state index >= 15 is 0 Å². The topological polar surface area (TPSA) is 196 Å². The largest absolute Gasteiger partial charge is 0.513 e. The summed E-state index contributed by atoms with van der Waals surface area (Å²) in [4.78, 5) is 32.3. The highest BCUT2D eigenvalue weighted by Crippen LogP contribution is 2.57. The summed E-state index contributed by atoms with van der Waals surface area (Å²) in [6.07, 6.45) is -4.01. The van der Waals surface area contributed by atoms with Gasteiger partial charge >= 0.3 is 25.8 Å². The Balaban J connectivity index is 0.000000837. The second-order valence-electron chi connectivity index (χ2n) is 10.3. The van der Waals surface area contributed by atoms with Crippen LogP contribution in [-0.4, -0.2) is 41.2 Å². The van der Waals surface area contributed by atoms with Crippen molar-refractivity contribution < 1.29 is 46.7 Å². The molecule has 50 heavy (non-hydrogen) atoms. The van der Waals surface area contributed by atoms with Gasteiger partial charge in [0.1, 0.15) is 29.3 Å². The van der Waals surface area contributed by atoms with Gasteiger partial charge in [0.25, 0.3) is 5.69 Å². The molecule has 3 aromatic rings. The molecule has 1 unspecified atom stereocenters. The normalized spacial score (nSPS) is 13.0. The Labute approximate surface area is 311 Å². The van der Waals surface area contributed by atoms with Gasteiger partial charge in [-0.2, -0.15) is 5.09 Å². The molecule has 0 aliphatic carbocycles. The Kier molecular flexibility index (Phi) is 21.3. The van der Waals surface area contributed by atoms with Gasteiger partial charge in [-0.3, -0.25) is 19.7 Å². The molecule has 20 heteroatoms. The van der Waals surface area contributed by atoms with E-state index in [-0.39, 0.29) is 47.8 Å². The molecule has 0 saturated carbocycles. The first-order valence-corrected chi connectivity index (χ1v) is 19.7. The van der Waals surface area contributed by atoms with Crippen LogP contribution in [0.15, 0.2) is 78.9 Å². The van der Waals surface area contributed by atoms with Crippen molar-refractivity contribution in [2.24, 2.45) is 5.73 Å². The second kappa shape index (κ2) is 22.7. The molecule has 0 spiro atoms. The van der Waals surface area contributed by atoms with Gasteiger partial charge in [0.05, 0.1) is 17.1 Å². The Morgan fingerprint density at radius 1 is 0.740 bits per heavy atom. The van der Waals surface area contributed by atoms with E-state index in [1.54, 1.807) is 89.2 Å². The SMILES string of the molecule is CC(C)OC(=O)[C@H](C)N.CC(C)OC(=O)[C@H](C)NP(=O)(Oc1ccccc1)Oc1ccc(Cl)cc1.Cl.O=[N+]([O-])c1ccc(OP(=O)(Cl)Cl)cc1. The maximum absolute atomic E-state index is 13.2. The number of nitrogens with two attached hydrogens (primary N) is 1. The highest BCUT2D eigenvalue weighted by atomic mass is 35.9. The van der Waals surface area contributed by atoms with Gasteiger partial charge in [-0.15, -0.1) is 12.4 Å². The van der Waals surface area contributed by atoms with Gasteiger partial charge in [-0.05, 0) is 90.1 Å². The van der Waals surface area contributed by atoms with Crippen LogP contribution in [0.2, 0.25) is 5.02 Å². The summed E-state index contributed by atoms with van der Waals surface area (Å²) in [5.74, 6) is -0.169. The highest BCUT2D eigenvalue weighted by molar-refractivity contribution is 8.05. The molecule has 0 saturated heterocycles. The van der Waals surface area contributed by atoms with Crippen LogP contribution in [0.4, 0.5) is 5.69 Å². The minimum absolute atomic E-state index is 0. The summed E-state index contributed by atoms with van der Waals surface area (Å²) in [6.45, 7) is 10.2. The highest BCUT2D eigenvalue weighted by Gasteiger charge is 2.34. The summed E-state index contributed by atoms with van der Waals surface area (Å²) in [5, 5.41) is 13.4. The molecule has 0 aliphatic heterocycles. The van der Waals surface area contributed by atoms with E-state index in [9.17, 15) is 28.8 Å². The smallest absolute Gasteiger partial charge is 0.462 e. The number of hydrogen-bond acceptors (Lipinski definition) is 12. The molecule has 3 atom stereocenters. The lowest BCUT2D eigenvalue weighted by Crippen LogP contribution is -2.36. The first kappa shape index (κ1) is 46.9. The number of non-ortho nitro benzene ring substituents is 1. The van der Waals surface area contributed by atoms with E-state index in [0.29, 0.717) is 10.8 Å². The molecular weight excluding hydrogens is 782 g/mol. The molecule has 0 heterocycles. The van der Waals surface area contributed by atoms with Crippen LogP contribution in [0.3, 0.4) is 0 Å². The van der Waals surface area contributed by atoms with Crippen LogP contribution >= 0.6 is 60.3 Å². The summed E-state index contributed by atoms with van der Waals surface area (Å²) >= 11 is 16.1. The zero-order chi connectivity index (χ0) is 37.4. The van der Waals surface area contributed by atoms with Crippen molar-refractivity contribution in [2.45, 2.75) is 65.8 Å². The van der Waals surface area contributed by atoms with Gasteiger partial charge < -0.3 is 28.8 Å². The molecule has 0 fully saturated rings. The zero-order valence-electron chi connectivity index (χ0n) is 27.8. The van der Waals surface area contributed by atoms with Crippen molar-refractivity contribution >= 4 is 77.9 Å². The average molecular weight is 821 g/mol. The number of rotatable bonds is 13. The number of carbonyl (C=O) groups is 2. The van der Waals surface area contributed by atoms with E-state index in [1.807, 2.05) is 0 Å². The van der Waals surface area contributed by atoms with E-state index in [2.05, 4.69) is 9.61 Å². The molecule has 3 rings (SSSR count). The standard InChI is InChI=1S/C18H21ClNO5P.C6H4Cl2NO4P.C6H13NO2.ClH/c1-13(2)23-18(21)14(3)20-26(22,24-16-7-5-4-6-8-16)25-17-11-9-15(19)10-12-17;7-14(8,12)13-6-3-1-5(2-4-6)9(10)11;1-4(2)9-6(8)5(3)7;/h4-14H,1-3H3,(H,20,22);1-4H;4-5H,7H2,1-3H3;1H/t14-,26?;;5-;/m0.0./s1. The average Bonchev–Trinajstić information content (AvgIpc) is 2.98. The maximum atomic E-state index is 13.2. The number of nitrogens with one attached hydrogen (secondary N) is 1. The lowest BCUT2D eigenvalue weighted by molar-refractivity contribution is -0.384. The third kappa shape index (κ3) is 20.6. The Morgan fingerprint density at radius 2 is 1.16 bits per heavy atom. The molecule has 0 aliphatic rings. The fourth-order valence-corrected chi connectivity index (χ4v) is 5.53. The quantitative estimate of drug-likeness (QED) is 0.0718. The zero-order valence-corrected chi connectivity index (χ0v) is 32.6. The fourth-order valence-electron chi connectivity index (χ4n) is 3.04. The number of ether oxygens (including phenoxy) is 2. The summed E-state index contributed by atoms with van der Waals surface area (Å²) < 4.78 is 49.6. The van der Waals surface area contributed by atoms with Crippen molar-refractivity contribution in [1.29, 1.82) is 0 Å². The number of esters is 2. The summed E-state index contributed by atoms with van der Waals surface area (Å²) in [7, 11) is -3.93. The van der Waals surface area contributed by atoms with Crippen LogP contribution in [0.1, 0.15) is 41.5 Å². The van der Waals surface area contributed by atoms with Crippen LogP contribution in [0, 0.1) is 10.1 Å². The number of hydrogen-bond donors (Lipinski definition) is 2. The van der Waals surface area contributed by atoms with Crippen LogP contribution in [0.25, 0.3) is 0 Å². The third-order valence-corrected chi connectivity index (χ3v) is 7.74. The molecule has 3 N–H and O–H groups in total. The van der Waals surface area contributed by atoms with Gasteiger partial charge in [-0.25, -0.2) is 9.13 Å². The Bertz CT molecular complexity index is 1580. The second-order valence-corrected chi connectivity index (χ2v) is 16.6. The van der Waals surface area contributed by atoms with Crippen molar-refractivity contribution in [3.05, 3.63) is 94.0 Å². The van der Waals surface area contributed by atoms with E-state index in [1.165, 1.54) is 31.2 Å². The van der Waals surface area contributed by atoms with E-state index in [4.69, 9.17) is 58.3 Å². The Hall–Kier alpha value is -3.06. The van der Waals surface area contributed by atoms with Crippen LogP contribution < -0.4 is 24.4 Å². The predicted molar refractivity (Wildman–Crippen MR) is 196 cm³/mol. The third-order valence-electron chi connectivity index (χ3n) is 5.05. The first-order valence-electron chi connectivity index (χ1n) is 14.4. The van der Waals surface area contributed by atoms with Crippen molar-refractivity contribution in [2.75, 3.05) is 0 Å². The number of carbonyl (C=O) groups excluding carboxylic acids is 2. The van der Waals surface area contributed by atoms with Crippen molar-refractivity contribution in [3.63, 3.8) is 0 Å². The van der Waals surface area contributed by atoms with E-state index in [0.717, 1.165) is 0 Å². The number of nitro benzene ring substituents is 1. The monoisotopic (exact) mass is 819 g/mol. The van der Waals surface area contributed by atoms with E-state index < -0.39 is 36.8 Å². The number of para-hydroxylation sites is 1. The lowest BCUT2D eigenvalue weighted by atomic mass is 10.3. The van der Waals surface area contributed by atoms with Gasteiger partial charge in [-0.1, -0.05) is 29.8 Å². The molecule has 3 aromatic carbocycles. The molecule has 0 radical (unpaired) electrons. The van der Waals surface area contributed by atoms with Crippen LogP contribution in [0.5, 0.6) is 17.2 Å². The Morgan fingerprint density at radius 3 is 1.56 bits per heavy atom. The molecule has 14 nitrogen and oxygen atoms in total. The molecule has 0 bridgehead atoms. The minimum atomic E-state index is -3.93. The lowest BCUT2D eigenvalue weighted by Gasteiger charge is -2.23. The number of halogens is 4.